The molecule has 124 valence electrons. The smallest absolute Gasteiger partial charge is 0.227 e. The van der Waals surface area contributed by atoms with Crippen molar-refractivity contribution in [3.05, 3.63) is 45.2 Å². The van der Waals surface area contributed by atoms with Gasteiger partial charge in [-0.2, -0.15) is 0 Å². The number of aryl methyl sites for hydroxylation is 1. The molecule has 2 aliphatic rings. The summed E-state index contributed by atoms with van der Waals surface area (Å²) in [6.07, 6.45) is 3.40. The van der Waals surface area contributed by atoms with E-state index in [1.165, 1.54) is 0 Å². The number of Topliss-reactive ketones (excluding diaryl/α,β-unsaturated/α-hetero) is 2. The molecule has 0 unspecified atom stereocenters. The zero-order chi connectivity index (χ0) is 16.1. The van der Waals surface area contributed by atoms with Crippen LogP contribution in [0.5, 0.6) is 0 Å². The minimum absolute atomic E-state index is 0. The van der Waals surface area contributed by atoms with Gasteiger partial charge in [0.2, 0.25) is 21.4 Å². The van der Waals surface area contributed by atoms with Gasteiger partial charge in [-0.25, -0.2) is 8.42 Å². The first-order valence-corrected chi connectivity index (χ1v) is 8.27. The molecule has 1 aromatic heterocycles. The number of aromatic nitrogens is 1. The molecule has 0 amide bonds. The first-order valence-electron chi connectivity index (χ1n) is 6.73. The molecule has 2 N–H and O–H groups in total. The van der Waals surface area contributed by atoms with Crippen LogP contribution < -0.4 is 10.6 Å². The lowest BCUT2D eigenvalue weighted by Crippen LogP contribution is -2.34. The van der Waals surface area contributed by atoms with Gasteiger partial charge in [0.1, 0.15) is 16.3 Å². The Kier molecular flexibility index (Phi) is 4.52. The number of likely N-dealkylation sites (N-methyl/N-ethyl adjacent to an activating group) is 1. The standard InChI is InChI=1S/C14H15N3O4S.ClH/c1-15-4-3-8-7-17(2)11-9(8)12(18)14-10(13(11)19)16-5-6-22(14,20)21;/h5-7,15-16H,3-4H2,1-2H3;1H. The zero-order valence-corrected chi connectivity index (χ0v) is 14.2. The molecular formula is C14H16ClN3O4S. The van der Waals surface area contributed by atoms with Gasteiger partial charge in [0.05, 0.1) is 11.0 Å². The molecule has 0 saturated heterocycles. The third-order valence-electron chi connectivity index (χ3n) is 3.77. The van der Waals surface area contributed by atoms with Crippen molar-refractivity contribution in [1.29, 1.82) is 0 Å². The fraction of sp³-hybridized carbons (Fsp3) is 0.286. The summed E-state index contributed by atoms with van der Waals surface area (Å²) in [5.74, 6) is -1.09. The van der Waals surface area contributed by atoms with Gasteiger partial charge in [-0.1, -0.05) is 0 Å². The SMILES string of the molecule is CNCCc1cn(C)c2c1C(=O)C1=C(NC=CS1(=O)=O)C2=O.Cl. The third kappa shape index (κ3) is 2.52. The Bertz CT molecular complexity index is 865. The second-order valence-corrected chi connectivity index (χ2v) is 6.97. The van der Waals surface area contributed by atoms with E-state index in [9.17, 15) is 18.0 Å². The molecule has 1 aliphatic heterocycles. The van der Waals surface area contributed by atoms with E-state index in [0.717, 1.165) is 11.6 Å². The maximum Gasteiger partial charge on any atom is 0.227 e. The lowest BCUT2D eigenvalue weighted by molar-refractivity contribution is 0.0970. The van der Waals surface area contributed by atoms with Crippen molar-refractivity contribution in [2.75, 3.05) is 13.6 Å². The number of nitrogens with zero attached hydrogens (tertiary/aromatic N) is 1. The maximum atomic E-state index is 12.7. The molecule has 23 heavy (non-hydrogen) atoms. The fourth-order valence-electron chi connectivity index (χ4n) is 2.79. The molecular weight excluding hydrogens is 342 g/mol. The molecule has 0 saturated carbocycles. The summed E-state index contributed by atoms with van der Waals surface area (Å²) in [5, 5.41) is 6.47. The quantitative estimate of drug-likeness (QED) is 0.807. The molecule has 0 spiro atoms. The number of carbonyl (C=O) groups is 2. The van der Waals surface area contributed by atoms with Gasteiger partial charge in [0.15, 0.2) is 0 Å². The van der Waals surface area contributed by atoms with Crippen molar-refractivity contribution in [2.24, 2.45) is 7.05 Å². The Labute approximate surface area is 139 Å². The predicted octanol–water partition coefficient (Wildman–Crippen LogP) is 0.289. The highest BCUT2D eigenvalue weighted by molar-refractivity contribution is 7.99. The van der Waals surface area contributed by atoms with Gasteiger partial charge in [-0.3, -0.25) is 9.59 Å². The Morgan fingerprint density at radius 3 is 2.61 bits per heavy atom. The van der Waals surface area contributed by atoms with Crippen LogP contribution in [0.25, 0.3) is 0 Å². The zero-order valence-electron chi connectivity index (χ0n) is 12.5. The van der Waals surface area contributed by atoms with E-state index in [4.69, 9.17) is 0 Å². The van der Waals surface area contributed by atoms with Crippen LogP contribution in [0.15, 0.2) is 28.4 Å². The van der Waals surface area contributed by atoms with Crippen molar-refractivity contribution in [2.45, 2.75) is 6.42 Å². The lowest BCUT2D eigenvalue weighted by atomic mass is 9.94. The lowest BCUT2D eigenvalue weighted by Gasteiger charge is -2.21. The van der Waals surface area contributed by atoms with Crippen LogP contribution >= 0.6 is 12.4 Å². The first-order chi connectivity index (χ1) is 10.4. The van der Waals surface area contributed by atoms with Gasteiger partial charge < -0.3 is 15.2 Å². The second-order valence-electron chi connectivity index (χ2n) is 5.20. The van der Waals surface area contributed by atoms with E-state index in [-0.39, 0.29) is 29.4 Å². The number of fused-ring (bicyclic) bond motifs is 1. The number of nitrogens with one attached hydrogen (secondary N) is 2. The van der Waals surface area contributed by atoms with Gasteiger partial charge in [0.25, 0.3) is 0 Å². The molecule has 1 aromatic rings. The van der Waals surface area contributed by atoms with Gasteiger partial charge in [-0.05, 0) is 25.6 Å². The molecule has 7 nitrogen and oxygen atoms in total. The van der Waals surface area contributed by atoms with E-state index >= 15 is 0 Å². The number of hydrogen-bond acceptors (Lipinski definition) is 6. The average molecular weight is 358 g/mol. The summed E-state index contributed by atoms with van der Waals surface area (Å²) in [5.41, 5.74) is 0.929. The Morgan fingerprint density at radius 2 is 1.96 bits per heavy atom. The van der Waals surface area contributed by atoms with Crippen molar-refractivity contribution >= 4 is 33.8 Å². The van der Waals surface area contributed by atoms with Crippen LogP contribution in [0.1, 0.15) is 26.4 Å². The van der Waals surface area contributed by atoms with Crippen LogP contribution in [-0.4, -0.2) is 38.1 Å². The second kappa shape index (κ2) is 5.95. The molecule has 0 aromatic carbocycles. The minimum atomic E-state index is -3.90. The topological polar surface area (TPSA) is 97.3 Å². The minimum Gasteiger partial charge on any atom is -0.357 e. The van der Waals surface area contributed by atoms with E-state index in [1.807, 2.05) is 0 Å². The van der Waals surface area contributed by atoms with Crippen LogP contribution in [0, 0.1) is 0 Å². The van der Waals surface area contributed by atoms with Gasteiger partial charge >= 0.3 is 0 Å². The molecule has 3 rings (SSSR count). The number of rotatable bonds is 3. The number of carbonyl (C=O) groups excluding carboxylic acids is 2. The monoisotopic (exact) mass is 357 g/mol. The molecule has 9 heteroatoms. The van der Waals surface area contributed by atoms with Crippen molar-refractivity contribution < 1.29 is 18.0 Å². The number of hydrogen-bond donors (Lipinski definition) is 2. The largest absolute Gasteiger partial charge is 0.357 e. The van der Waals surface area contributed by atoms with Gasteiger partial charge in [-0.15, -0.1) is 12.4 Å². The number of ketones is 2. The summed E-state index contributed by atoms with van der Waals surface area (Å²) in [6.45, 7) is 0.620. The summed E-state index contributed by atoms with van der Waals surface area (Å²) in [6, 6.07) is 0. The van der Waals surface area contributed by atoms with Crippen molar-refractivity contribution in [3.8, 4) is 0 Å². The van der Waals surface area contributed by atoms with Crippen LogP contribution in [-0.2, 0) is 23.3 Å². The Morgan fingerprint density at radius 1 is 1.26 bits per heavy atom. The molecule has 0 radical (unpaired) electrons. The van der Waals surface area contributed by atoms with E-state index in [1.54, 1.807) is 24.9 Å². The van der Waals surface area contributed by atoms with E-state index < -0.39 is 26.3 Å². The first kappa shape index (κ1) is 17.5. The number of allylic oxidation sites excluding steroid dienone is 2. The third-order valence-corrected chi connectivity index (χ3v) is 5.22. The highest BCUT2D eigenvalue weighted by Crippen LogP contribution is 2.33. The summed E-state index contributed by atoms with van der Waals surface area (Å²) in [4.78, 5) is 24.8. The van der Waals surface area contributed by atoms with Crippen LogP contribution in [0.4, 0.5) is 0 Å². The maximum absolute atomic E-state index is 12.7. The number of halogens is 1. The summed E-state index contributed by atoms with van der Waals surface area (Å²) < 4.78 is 25.9. The molecule has 1 aliphatic carbocycles. The van der Waals surface area contributed by atoms with E-state index in [0.29, 0.717) is 18.5 Å². The average Bonchev–Trinajstić information content (AvgIpc) is 2.78. The fourth-order valence-corrected chi connectivity index (χ4v) is 3.97. The normalized spacial score (nSPS) is 18.2. The molecule has 0 fully saturated rings. The Hall–Kier alpha value is -1.90. The summed E-state index contributed by atoms with van der Waals surface area (Å²) >= 11 is 0. The van der Waals surface area contributed by atoms with E-state index in [2.05, 4.69) is 10.6 Å². The van der Waals surface area contributed by atoms with Crippen LogP contribution in [0.3, 0.4) is 0 Å². The number of sulfone groups is 1. The Balaban J connectivity index is 0.00000192. The highest BCUT2D eigenvalue weighted by atomic mass is 35.5. The molecule has 2 heterocycles. The predicted molar refractivity (Wildman–Crippen MR) is 87.2 cm³/mol. The highest BCUT2D eigenvalue weighted by Gasteiger charge is 2.42. The van der Waals surface area contributed by atoms with Crippen molar-refractivity contribution in [1.82, 2.24) is 15.2 Å². The van der Waals surface area contributed by atoms with Gasteiger partial charge in [0, 0.05) is 19.4 Å². The van der Waals surface area contributed by atoms with Crippen LogP contribution in [0.2, 0.25) is 0 Å². The molecule has 0 atom stereocenters. The van der Waals surface area contributed by atoms with Crippen molar-refractivity contribution in [3.63, 3.8) is 0 Å². The molecule has 0 bridgehead atoms. The summed E-state index contributed by atoms with van der Waals surface area (Å²) in [7, 11) is -0.442.